The van der Waals surface area contributed by atoms with Gasteiger partial charge >= 0.3 is 0 Å². The van der Waals surface area contributed by atoms with E-state index in [1.54, 1.807) is 0 Å². The van der Waals surface area contributed by atoms with Gasteiger partial charge < -0.3 is 29.2 Å². The van der Waals surface area contributed by atoms with Gasteiger partial charge in [-0.15, -0.1) is 0 Å². The molecule has 2 aromatic carbocycles. The van der Waals surface area contributed by atoms with Crippen molar-refractivity contribution in [3.63, 3.8) is 0 Å². The number of rotatable bonds is 1. The summed E-state index contributed by atoms with van der Waals surface area (Å²) >= 11 is 2.30. The number of halogens is 3. The summed E-state index contributed by atoms with van der Waals surface area (Å²) in [4.78, 5) is 2.41. The fourth-order valence-corrected chi connectivity index (χ4v) is 5.13. The zero-order valence-corrected chi connectivity index (χ0v) is 24.0. The fourth-order valence-electron chi connectivity index (χ4n) is 4.77. The number of hydrogen-bond donors (Lipinski definition) is 1. The highest BCUT2D eigenvalue weighted by Crippen LogP contribution is 2.33. The molecule has 0 aromatic heterocycles. The maximum atomic E-state index is 8.00. The molecule has 0 amide bonds. The highest BCUT2D eigenvalue weighted by molar-refractivity contribution is 14.1. The molecule has 4 aliphatic heterocycles. The summed E-state index contributed by atoms with van der Waals surface area (Å²) < 4.78 is 39.8. The lowest BCUT2D eigenvalue weighted by Gasteiger charge is -2.38. The first-order valence-electron chi connectivity index (χ1n) is 12.9. The van der Waals surface area contributed by atoms with Crippen LogP contribution >= 0.6 is 22.6 Å². The van der Waals surface area contributed by atoms with E-state index in [4.69, 9.17) is 28.1 Å². The van der Waals surface area contributed by atoms with Gasteiger partial charge in [-0.05, 0) is 60.7 Å². The average Bonchev–Trinajstić information content (AvgIpc) is 3.59. The Labute approximate surface area is 233 Å². The van der Waals surface area contributed by atoms with Gasteiger partial charge in [-0.2, -0.15) is 0 Å². The van der Waals surface area contributed by atoms with Crippen molar-refractivity contribution in [2.24, 2.45) is 0 Å². The van der Waals surface area contributed by atoms with Gasteiger partial charge in [0.15, 0.2) is 11.6 Å². The minimum Gasteiger partial charge on any atom is -0.371 e. The summed E-state index contributed by atoms with van der Waals surface area (Å²) in [6, 6.07) is 17.2. The van der Waals surface area contributed by atoms with E-state index in [-0.39, 0.29) is 11.6 Å². The third kappa shape index (κ3) is 9.40. The second kappa shape index (κ2) is 15.3. The van der Waals surface area contributed by atoms with E-state index in [0.29, 0.717) is 0 Å². The van der Waals surface area contributed by atoms with Crippen molar-refractivity contribution in [1.82, 2.24) is 5.32 Å². The van der Waals surface area contributed by atoms with Gasteiger partial charge in [0, 0.05) is 70.3 Å². The van der Waals surface area contributed by atoms with Crippen molar-refractivity contribution in [2.75, 3.05) is 57.5 Å². The van der Waals surface area contributed by atoms with Gasteiger partial charge in [-0.25, -0.2) is 0 Å². The number of nitrogens with one attached hydrogen (secondary N) is 1. The molecule has 2 spiro atoms. The Morgan fingerprint density at radius 3 is 1.51 bits per heavy atom. The van der Waals surface area contributed by atoms with Crippen LogP contribution in [-0.4, -0.2) is 64.2 Å². The van der Waals surface area contributed by atoms with E-state index in [1.165, 1.54) is 20.4 Å². The zero-order valence-electron chi connectivity index (χ0n) is 21.8. The summed E-state index contributed by atoms with van der Waals surface area (Å²) in [5.74, 6) is -0.452. The maximum Gasteiger partial charge on any atom is 0.171 e. The number of benzene rings is 2. The molecule has 2 aromatic rings. The van der Waals surface area contributed by atoms with Gasteiger partial charge in [0.2, 0.25) is 0 Å². The number of aryl methyl sites for hydroxylation is 2. The molecule has 1 N–H and O–H groups in total. The third-order valence-corrected chi connectivity index (χ3v) is 7.65. The first-order valence-corrected chi connectivity index (χ1v) is 14.0. The van der Waals surface area contributed by atoms with Gasteiger partial charge in [0.25, 0.3) is 0 Å². The van der Waals surface area contributed by atoms with Crippen LogP contribution in [0.1, 0.15) is 36.8 Å². The summed E-state index contributed by atoms with van der Waals surface area (Å²) in [5, 5.41) is 3.28. The number of hydrogen-bond acceptors (Lipinski definition) is 6. The molecule has 37 heavy (non-hydrogen) atoms. The Bertz CT molecular complexity index is 866. The second-order valence-electron chi connectivity index (χ2n) is 9.58. The molecule has 0 atom stereocenters. The third-order valence-electron chi connectivity index (χ3n) is 6.93. The summed E-state index contributed by atoms with van der Waals surface area (Å²) in [7, 11) is 0. The second-order valence-corrected chi connectivity index (χ2v) is 10.8. The van der Waals surface area contributed by atoms with Crippen LogP contribution in [0.3, 0.4) is 0 Å². The quantitative estimate of drug-likeness (QED) is 0.396. The van der Waals surface area contributed by atoms with E-state index in [1.807, 2.05) is 0 Å². The molecule has 0 aliphatic carbocycles. The smallest absolute Gasteiger partial charge is 0.171 e. The highest BCUT2D eigenvalue weighted by atomic mass is 127. The lowest BCUT2D eigenvalue weighted by molar-refractivity contribution is -0.172. The maximum absolute atomic E-state index is 8.00. The van der Waals surface area contributed by atoms with E-state index in [0.717, 1.165) is 78.3 Å². The Morgan fingerprint density at radius 2 is 1.08 bits per heavy atom. The predicted molar refractivity (Wildman–Crippen MR) is 150 cm³/mol. The standard InChI is InChI=1S/C14H19NO2.C7H7I.C7H13NO2.F2/c1-12-2-4-13(5-3-12)15-8-6-14(7-9-15)16-10-11-17-14;1-6-2-4-7(8)5-3-6;1-3-8-4-2-7(1)9-5-6-10-7;1-2/h2-5H,6-11H2,1H3;2-5H,1H3;8H,1-6H2;. The molecule has 4 heterocycles. The minimum atomic E-state index is -0.263. The summed E-state index contributed by atoms with van der Waals surface area (Å²) in [6.45, 7) is 11.4. The Hall–Kier alpha value is -1.37. The van der Waals surface area contributed by atoms with E-state index in [2.05, 4.69) is 95.2 Å². The lowest BCUT2D eigenvalue weighted by Crippen LogP contribution is -2.45. The van der Waals surface area contributed by atoms with Crippen molar-refractivity contribution in [1.29, 1.82) is 0 Å². The van der Waals surface area contributed by atoms with Crippen LogP contribution in [0, 0.1) is 17.4 Å². The molecular formula is C28H39F2IN2O4. The number of piperidine rings is 2. The van der Waals surface area contributed by atoms with Crippen molar-refractivity contribution < 1.29 is 28.1 Å². The van der Waals surface area contributed by atoms with E-state index >= 15 is 0 Å². The fraction of sp³-hybridized carbons (Fsp3) is 0.571. The Morgan fingerprint density at radius 1 is 0.676 bits per heavy atom. The molecule has 0 saturated carbocycles. The van der Waals surface area contributed by atoms with Crippen molar-refractivity contribution >= 4 is 28.3 Å². The number of anilines is 1. The van der Waals surface area contributed by atoms with Crippen LogP contribution in [0.25, 0.3) is 0 Å². The molecule has 0 radical (unpaired) electrons. The Kier molecular flexibility index (Phi) is 12.5. The molecule has 0 unspecified atom stereocenters. The molecule has 6 nitrogen and oxygen atoms in total. The predicted octanol–water partition coefficient (Wildman–Crippen LogP) is 5.89. The summed E-state index contributed by atoms with van der Waals surface area (Å²) in [6.07, 6.45) is 3.96. The van der Waals surface area contributed by atoms with Crippen LogP contribution in [0.2, 0.25) is 0 Å². The largest absolute Gasteiger partial charge is 0.371 e. The lowest BCUT2D eigenvalue weighted by atomic mass is 10.0. The first kappa shape index (κ1) is 30.2. The minimum absolute atomic E-state index is 0.189. The molecule has 4 fully saturated rings. The van der Waals surface area contributed by atoms with Crippen LogP contribution in [0.15, 0.2) is 48.5 Å². The number of nitrogens with zero attached hydrogens (tertiary/aromatic N) is 1. The summed E-state index contributed by atoms with van der Waals surface area (Å²) in [5.41, 5.74) is 3.94. The Balaban J connectivity index is 0.000000162. The topological polar surface area (TPSA) is 52.2 Å². The molecular weight excluding hydrogens is 593 g/mol. The van der Waals surface area contributed by atoms with E-state index < -0.39 is 0 Å². The molecule has 4 aliphatic rings. The van der Waals surface area contributed by atoms with Crippen LogP contribution in [0.4, 0.5) is 14.8 Å². The van der Waals surface area contributed by atoms with Crippen molar-refractivity contribution in [3.8, 4) is 0 Å². The SMILES string of the molecule is C1CC2(CCN1)OCCO2.Cc1ccc(I)cc1.Cc1ccc(N2CCC3(CC2)OCCO3)cc1.FF. The van der Waals surface area contributed by atoms with Crippen LogP contribution in [0.5, 0.6) is 0 Å². The van der Waals surface area contributed by atoms with E-state index in [9.17, 15) is 0 Å². The molecule has 206 valence electrons. The van der Waals surface area contributed by atoms with Crippen LogP contribution < -0.4 is 10.2 Å². The molecule has 9 heteroatoms. The van der Waals surface area contributed by atoms with Gasteiger partial charge in [-0.1, -0.05) is 35.4 Å². The highest BCUT2D eigenvalue weighted by Gasteiger charge is 2.40. The van der Waals surface area contributed by atoms with Crippen molar-refractivity contribution in [3.05, 3.63) is 63.2 Å². The molecule has 0 bridgehead atoms. The molecule has 6 rings (SSSR count). The van der Waals surface area contributed by atoms with Crippen molar-refractivity contribution in [2.45, 2.75) is 51.1 Å². The monoisotopic (exact) mass is 632 g/mol. The van der Waals surface area contributed by atoms with Gasteiger partial charge in [0.1, 0.15) is 0 Å². The van der Waals surface area contributed by atoms with Crippen LogP contribution in [-0.2, 0) is 18.9 Å². The normalized spacial score (nSPS) is 21.3. The molecule has 4 saturated heterocycles. The number of ether oxygens (including phenoxy) is 4. The first-order chi connectivity index (χ1) is 18.0. The van der Waals surface area contributed by atoms with Gasteiger partial charge in [-0.3, -0.25) is 0 Å². The zero-order chi connectivity index (χ0) is 26.6. The van der Waals surface area contributed by atoms with Gasteiger partial charge in [0.05, 0.1) is 26.4 Å². The average molecular weight is 633 g/mol.